The minimum absolute atomic E-state index is 0.0836. The summed E-state index contributed by atoms with van der Waals surface area (Å²) < 4.78 is 93.0. The molecule has 1 unspecified atom stereocenters. The van der Waals surface area contributed by atoms with Gasteiger partial charge in [0.15, 0.2) is 0 Å². The van der Waals surface area contributed by atoms with Crippen LogP contribution in [0.4, 0.5) is 13.2 Å². The molecule has 166 valence electrons. The number of hydrogen-bond acceptors (Lipinski definition) is 5. The van der Waals surface area contributed by atoms with Crippen molar-refractivity contribution >= 4 is 31.4 Å². The van der Waals surface area contributed by atoms with Gasteiger partial charge in [0.05, 0.1) is 10.5 Å². The normalized spacial score (nSPS) is 19.1. The summed E-state index contributed by atoms with van der Waals surface area (Å²) in [6.07, 6.45) is -2.29. The van der Waals surface area contributed by atoms with Crippen molar-refractivity contribution in [3.8, 4) is 0 Å². The first-order valence-electron chi connectivity index (χ1n) is 9.24. The molecule has 0 radical (unpaired) electrons. The molecule has 30 heavy (non-hydrogen) atoms. The average Bonchev–Trinajstić information content (AvgIpc) is 3.23. The lowest BCUT2D eigenvalue weighted by molar-refractivity contribution is -0.137. The molecule has 1 fully saturated rings. The SMILES string of the molecule is O=S(=O)(NCCC1CCCCN1S(=O)(=O)c1cccs1)c1cccc(C(F)(F)F)c1. The molecular formula is C18H21F3N2O4S3. The predicted octanol–water partition coefficient (Wildman–Crippen LogP) is 3.68. The Morgan fingerprint density at radius 3 is 2.53 bits per heavy atom. The molecule has 1 atom stereocenters. The number of piperidine rings is 1. The molecule has 2 aromatic rings. The Kier molecular flexibility index (Phi) is 6.92. The Labute approximate surface area is 177 Å². The summed E-state index contributed by atoms with van der Waals surface area (Å²) in [5.41, 5.74) is -1.05. The zero-order chi connectivity index (χ0) is 22.0. The van der Waals surface area contributed by atoms with Gasteiger partial charge in [-0.1, -0.05) is 18.6 Å². The maximum Gasteiger partial charge on any atom is 0.416 e. The van der Waals surface area contributed by atoms with E-state index >= 15 is 0 Å². The number of hydrogen-bond donors (Lipinski definition) is 1. The highest BCUT2D eigenvalue weighted by atomic mass is 32.2. The Morgan fingerprint density at radius 2 is 1.87 bits per heavy atom. The second-order valence-electron chi connectivity index (χ2n) is 6.91. The highest BCUT2D eigenvalue weighted by Crippen LogP contribution is 2.31. The number of benzene rings is 1. The number of rotatable bonds is 7. The fourth-order valence-electron chi connectivity index (χ4n) is 3.39. The van der Waals surface area contributed by atoms with Crippen LogP contribution in [0.1, 0.15) is 31.2 Å². The number of nitrogens with one attached hydrogen (secondary N) is 1. The average molecular weight is 483 g/mol. The molecule has 0 amide bonds. The van der Waals surface area contributed by atoms with Crippen LogP contribution in [0.5, 0.6) is 0 Å². The molecule has 0 aliphatic carbocycles. The summed E-state index contributed by atoms with van der Waals surface area (Å²) in [6, 6.07) is 6.31. The molecule has 12 heteroatoms. The minimum Gasteiger partial charge on any atom is -0.211 e. The summed E-state index contributed by atoms with van der Waals surface area (Å²) in [6.45, 7) is 0.269. The molecule has 6 nitrogen and oxygen atoms in total. The molecule has 1 saturated heterocycles. The molecule has 1 aliphatic rings. The quantitative estimate of drug-likeness (QED) is 0.653. The predicted molar refractivity (Wildman–Crippen MR) is 107 cm³/mol. The summed E-state index contributed by atoms with van der Waals surface area (Å²) in [7, 11) is -7.81. The highest BCUT2D eigenvalue weighted by Gasteiger charge is 2.34. The topological polar surface area (TPSA) is 83.6 Å². The molecular weight excluding hydrogens is 461 g/mol. The van der Waals surface area contributed by atoms with Crippen LogP contribution in [-0.4, -0.2) is 40.3 Å². The minimum atomic E-state index is -4.65. The first-order chi connectivity index (χ1) is 14.0. The van der Waals surface area contributed by atoms with Gasteiger partial charge in [0.1, 0.15) is 4.21 Å². The number of sulfonamides is 2. The molecule has 0 bridgehead atoms. The van der Waals surface area contributed by atoms with Crippen molar-refractivity contribution < 1.29 is 30.0 Å². The lowest BCUT2D eigenvalue weighted by Crippen LogP contribution is -2.44. The van der Waals surface area contributed by atoms with Gasteiger partial charge in [-0.25, -0.2) is 21.6 Å². The van der Waals surface area contributed by atoms with Gasteiger partial charge in [0.25, 0.3) is 10.0 Å². The van der Waals surface area contributed by atoms with Crippen LogP contribution < -0.4 is 4.72 Å². The third-order valence-electron chi connectivity index (χ3n) is 4.87. The van der Waals surface area contributed by atoms with E-state index in [1.807, 2.05) is 0 Å². The van der Waals surface area contributed by atoms with Gasteiger partial charge < -0.3 is 0 Å². The van der Waals surface area contributed by atoms with Gasteiger partial charge in [-0.15, -0.1) is 11.3 Å². The monoisotopic (exact) mass is 482 g/mol. The lowest BCUT2D eigenvalue weighted by atomic mass is 10.0. The Morgan fingerprint density at radius 1 is 1.10 bits per heavy atom. The van der Waals surface area contributed by atoms with Crippen molar-refractivity contribution in [3.05, 3.63) is 47.3 Å². The zero-order valence-electron chi connectivity index (χ0n) is 15.8. The highest BCUT2D eigenvalue weighted by molar-refractivity contribution is 7.91. The van der Waals surface area contributed by atoms with Crippen LogP contribution >= 0.6 is 11.3 Å². The van der Waals surface area contributed by atoms with E-state index in [1.165, 1.54) is 10.4 Å². The van der Waals surface area contributed by atoms with E-state index in [0.29, 0.717) is 19.0 Å². The van der Waals surface area contributed by atoms with Gasteiger partial charge in [-0.3, -0.25) is 0 Å². The molecule has 0 saturated carbocycles. The van der Waals surface area contributed by atoms with Gasteiger partial charge in [-0.2, -0.15) is 17.5 Å². The zero-order valence-corrected chi connectivity index (χ0v) is 18.2. The van der Waals surface area contributed by atoms with E-state index in [2.05, 4.69) is 4.72 Å². The first kappa shape index (κ1) is 23.2. The van der Waals surface area contributed by atoms with Crippen molar-refractivity contribution in [2.45, 2.75) is 47.0 Å². The largest absolute Gasteiger partial charge is 0.416 e. The molecule has 1 aliphatic heterocycles. The molecule has 1 N–H and O–H groups in total. The standard InChI is InChI=1S/C18H21F3N2O4S3/c19-18(20,21)14-5-3-7-16(13-14)29(24,25)22-10-9-15-6-1-2-11-23(15)30(26,27)17-8-4-12-28-17/h3-5,7-8,12-13,15,22H,1-2,6,9-11H2. The van der Waals surface area contributed by atoms with Crippen molar-refractivity contribution in [3.63, 3.8) is 0 Å². The summed E-state index contributed by atoms with van der Waals surface area (Å²) in [4.78, 5) is -0.482. The maximum absolute atomic E-state index is 12.9. The Bertz CT molecular complexity index is 1070. The van der Waals surface area contributed by atoms with E-state index in [4.69, 9.17) is 0 Å². The van der Waals surface area contributed by atoms with E-state index in [-0.39, 0.29) is 23.2 Å². The lowest BCUT2D eigenvalue weighted by Gasteiger charge is -2.34. The van der Waals surface area contributed by atoms with Crippen LogP contribution in [0.15, 0.2) is 50.9 Å². The van der Waals surface area contributed by atoms with Gasteiger partial charge in [0.2, 0.25) is 10.0 Å². The number of nitrogens with zero attached hydrogens (tertiary/aromatic N) is 1. The van der Waals surface area contributed by atoms with Crippen LogP contribution in [0.25, 0.3) is 0 Å². The third kappa shape index (κ3) is 5.22. The van der Waals surface area contributed by atoms with Crippen molar-refractivity contribution in [2.75, 3.05) is 13.1 Å². The van der Waals surface area contributed by atoms with E-state index in [9.17, 15) is 30.0 Å². The fraction of sp³-hybridized carbons (Fsp3) is 0.444. The second-order valence-corrected chi connectivity index (χ2v) is 11.7. The van der Waals surface area contributed by atoms with Crippen molar-refractivity contribution in [1.29, 1.82) is 0 Å². The maximum atomic E-state index is 12.9. The molecule has 3 rings (SSSR count). The Balaban J connectivity index is 1.69. The number of halogens is 3. The van der Waals surface area contributed by atoms with Gasteiger partial charge in [-0.05, 0) is 48.9 Å². The molecule has 1 aromatic carbocycles. The summed E-state index contributed by atoms with van der Waals surface area (Å²) >= 11 is 1.12. The fourth-order valence-corrected chi connectivity index (χ4v) is 7.32. The molecule has 0 spiro atoms. The second kappa shape index (κ2) is 8.95. The Hall–Kier alpha value is -1.47. The third-order valence-corrected chi connectivity index (χ3v) is 9.66. The van der Waals surface area contributed by atoms with Gasteiger partial charge >= 0.3 is 6.18 Å². The summed E-state index contributed by atoms with van der Waals surface area (Å²) in [5.74, 6) is 0. The van der Waals surface area contributed by atoms with E-state index in [0.717, 1.165) is 42.4 Å². The van der Waals surface area contributed by atoms with E-state index in [1.54, 1.807) is 11.4 Å². The van der Waals surface area contributed by atoms with Crippen LogP contribution in [0.3, 0.4) is 0 Å². The smallest absolute Gasteiger partial charge is 0.211 e. The number of alkyl halides is 3. The van der Waals surface area contributed by atoms with Crippen LogP contribution in [0, 0.1) is 0 Å². The molecule has 1 aromatic heterocycles. The van der Waals surface area contributed by atoms with Crippen LogP contribution in [0.2, 0.25) is 0 Å². The molecule has 2 heterocycles. The summed E-state index contributed by atoms with van der Waals surface area (Å²) in [5, 5.41) is 1.68. The van der Waals surface area contributed by atoms with Gasteiger partial charge in [0, 0.05) is 19.1 Å². The van der Waals surface area contributed by atoms with Crippen molar-refractivity contribution in [1.82, 2.24) is 9.03 Å². The van der Waals surface area contributed by atoms with Crippen molar-refractivity contribution in [2.24, 2.45) is 0 Å². The first-order valence-corrected chi connectivity index (χ1v) is 13.0. The van der Waals surface area contributed by atoms with Crippen LogP contribution in [-0.2, 0) is 26.2 Å². The van der Waals surface area contributed by atoms with E-state index < -0.39 is 36.7 Å². The number of thiophene rings is 1.